The van der Waals surface area contributed by atoms with Crippen molar-refractivity contribution >= 4 is 11.8 Å². The Hall–Kier alpha value is -2.04. The van der Waals surface area contributed by atoms with Crippen LogP contribution in [0.5, 0.6) is 0 Å². The molecule has 1 aromatic heterocycles. The Morgan fingerprint density at radius 3 is 3.05 bits per heavy atom. The molecule has 7 heteroatoms. The molecule has 0 aliphatic heterocycles. The molecular formula is C14H15FN4OS. The number of nitrogens with two attached hydrogens (primary N) is 1. The van der Waals surface area contributed by atoms with E-state index in [2.05, 4.69) is 22.0 Å². The molecule has 0 spiro atoms. The third kappa shape index (κ3) is 3.74. The maximum absolute atomic E-state index is 13.6. The second-order valence-corrected chi connectivity index (χ2v) is 5.11. The Morgan fingerprint density at radius 2 is 2.33 bits per heavy atom. The lowest BCUT2D eigenvalue weighted by molar-refractivity contribution is 0.624. The SMILES string of the molecule is CCn1c(SCc2ccc(F)c(C#CCN)c2)n[nH]c1=O. The molecule has 0 amide bonds. The number of aromatic amines is 1. The molecule has 2 aromatic rings. The fraction of sp³-hybridized carbons (Fsp3) is 0.286. The topological polar surface area (TPSA) is 76.7 Å². The van der Waals surface area contributed by atoms with Crippen molar-refractivity contribution in [3.8, 4) is 11.8 Å². The molecule has 1 aromatic carbocycles. The Labute approximate surface area is 125 Å². The molecule has 0 aliphatic rings. The number of hydrogen-bond acceptors (Lipinski definition) is 4. The first kappa shape index (κ1) is 15.4. The summed E-state index contributed by atoms with van der Waals surface area (Å²) in [5, 5.41) is 6.99. The van der Waals surface area contributed by atoms with Gasteiger partial charge in [-0.1, -0.05) is 29.7 Å². The highest BCUT2D eigenvalue weighted by Gasteiger charge is 2.08. The fourth-order valence-corrected chi connectivity index (χ4v) is 2.70. The fourth-order valence-electron chi connectivity index (χ4n) is 1.74. The Morgan fingerprint density at radius 1 is 1.52 bits per heavy atom. The predicted molar refractivity (Wildman–Crippen MR) is 80.4 cm³/mol. The number of halogens is 1. The van der Waals surface area contributed by atoms with E-state index in [9.17, 15) is 9.18 Å². The van der Waals surface area contributed by atoms with Crippen LogP contribution in [0.1, 0.15) is 18.1 Å². The van der Waals surface area contributed by atoms with E-state index in [1.165, 1.54) is 17.8 Å². The molecule has 3 N–H and O–H groups in total. The van der Waals surface area contributed by atoms with Gasteiger partial charge >= 0.3 is 5.69 Å². The molecule has 0 fully saturated rings. The van der Waals surface area contributed by atoms with Gasteiger partial charge in [-0.15, -0.1) is 5.10 Å². The van der Waals surface area contributed by atoms with E-state index in [-0.39, 0.29) is 18.1 Å². The molecule has 21 heavy (non-hydrogen) atoms. The van der Waals surface area contributed by atoms with Crippen molar-refractivity contribution < 1.29 is 4.39 Å². The highest BCUT2D eigenvalue weighted by molar-refractivity contribution is 7.98. The predicted octanol–water partition coefficient (Wildman–Crippen LogP) is 1.33. The van der Waals surface area contributed by atoms with E-state index in [0.717, 1.165) is 5.56 Å². The van der Waals surface area contributed by atoms with Crippen LogP contribution in [-0.2, 0) is 12.3 Å². The number of aromatic nitrogens is 3. The van der Waals surface area contributed by atoms with Gasteiger partial charge in [0.15, 0.2) is 5.16 Å². The van der Waals surface area contributed by atoms with Gasteiger partial charge in [0.1, 0.15) is 5.82 Å². The van der Waals surface area contributed by atoms with Gasteiger partial charge < -0.3 is 5.73 Å². The third-order valence-corrected chi connectivity index (χ3v) is 3.81. The number of nitrogens with one attached hydrogen (secondary N) is 1. The molecule has 0 aliphatic carbocycles. The third-order valence-electron chi connectivity index (χ3n) is 2.76. The molecule has 0 atom stereocenters. The second-order valence-electron chi connectivity index (χ2n) is 4.16. The molecule has 0 saturated heterocycles. The van der Waals surface area contributed by atoms with E-state index < -0.39 is 0 Å². The lowest BCUT2D eigenvalue weighted by atomic mass is 10.1. The first-order chi connectivity index (χ1) is 10.2. The van der Waals surface area contributed by atoms with E-state index in [1.54, 1.807) is 16.7 Å². The molecule has 1 heterocycles. The van der Waals surface area contributed by atoms with Gasteiger partial charge in [-0.05, 0) is 24.6 Å². The number of benzene rings is 1. The zero-order chi connectivity index (χ0) is 15.2. The lowest BCUT2D eigenvalue weighted by Crippen LogP contribution is -2.16. The smallest absolute Gasteiger partial charge is 0.320 e. The van der Waals surface area contributed by atoms with Gasteiger partial charge in [0.25, 0.3) is 0 Å². The molecule has 0 saturated carbocycles. The minimum Gasteiger partial charge on any atom is -0.320 e. The number of thioether (sulfide) groups is 1. The molecule has 110 valence electrons. The largest absolute Gasteiger partial charge is 0.343 e. The average molecular weight is 306 g/mol. The standard InChI is InChI=1S/C14H15FN4OS/c1-2-19-13(20)17-18-14(19)21-9-10-5-6-12(15)11(8-10)4-3-7-16/h5-6,8H,2,7,9,16H2,1H3,(H,17,20). The summed E-state index contributed by atoms with van der Waals surface area (Å²) in [6.07, 6.45) is 0. The van der Waals surface area contributed by atoms with Crippen molar-refractivity contribution in [3.63, 3.8) is 0 Å². The van der Waals surface area contributed by atoms with Crippen LogP contribution in [-0.4, -0.2) is 21.3 Å². The minimum absolute atomic E-state index is 0.189. The maximum atomic E-state index is 13.6. The molecular weight excluding hydrogens is 291 g/mol. The van der Waals surface area contributed by atoms with Crippen LogP contribution in [0.25, 0.3) is 0 Å². The van der Waals surface area contributed by atoms with Crippen molar-refractivity contribution in [1.82, 2.24) is 14.8 Å². The summed E-state index contributed by atoms with van der Waals surface area (Å²) < 4.78 is 15.1. The highest BCUT2D eigenvalue weighted by Crippen LogP contribution is 2.21. The van der Waals surface area contributed by atoms with Gasteiger partial charge in [0, 0.05) is 12.3 Å². The summed E-state index contributed by atoms with van der Waals surface area (Å²) in [5.74, 6) is 5.54. The Balaban J connectivity index is 2.15. The second kappa shape index (κ2) is 7.11. The summed E-state index contributed by atoms with van der Waals surface area (Å²) in [5.41, 5.74) is 6.29. The molecule has 5 nitrogen and oxygen atoms in total. The summed E-state index contributed by atoms with van der Waals surface area (Å²) >= 11 is 1.41. The van der Waals surface area contributed by atoms with Crippen LogP contribution >= 0.6 is 11.8 Å². The van der Waals surface area contributed by atoms with Crippen molar-refractivity contribution in [3.05, 3.63) is 45.6 Å². The van der Waals surface area contributed by atoms with Crippen molar-refractivity contribution in [2.24, 2.45) is 5.73 Å². The normalized spacial score (nSPS) is 10.2. The first-order valence-electron chi connectivity index (χ1n) is 6.41. The van der Waals surface area contributed by atoms with E-state index in [1.807, 2.05) is 6.92 Å². The maximum Gasteiger partial charge on any atom is 0.343 e. The van der Waals surface area contributed by atoms with E-state index in [0.29, 0.717) is 23.0 Å². The van der Waals surface area contributed by atoms with E-state index in [4.69, 9.17) is 5.73 Å². The van der Waals surface area contributed by atoms with Crippen LogP contribution in [0, 0.1) is 17.7 Å². The summed E-state index contributed by atoms with van der Waals surface area (Å²) in [6, 6.07) is 4.76. The number of rotatable bonds is 4. The molecule has 0 unspecified atom stereocenters. The van der Waals surface area contributed by atoms with Crippen molar-refractivity contribution in [2.45, 2.75) is 24.4 Å². The van der Waals surface area contributed by atoms with Gasteiger partial charge in [0.05, 0.1) is 12.1 Å². The summed E-state index contributed by atoms with van der Waals surface area (Å²) in [4.78, 5) is 11.5. The van der Waals surface area contributed by atoms with Gasteiger partial charge in [0.2, 0.25) is 0 Å². The van der Waals surface area contributed by atoms with Gasteiger partial charge in [-0.25, -0.2) is 14.3 Å². The monoisotopic (exact) mass is 306 g/mol. The summed E-state index contributed by atoms with van der Waals surface area (Å²) in [7, 11) is 0. The zero-order valence-electron chi connectivity index (χ0n) is 11.5. The molecule has 0 radical (unpaired) electrons. The lowest BCUT2D eigenvalue weighted by Gasteiger charge is -2.04. The first-order valence-corrected chi connectivity index (χ1v) is 7.39. The number of H-pyrrole nitrogens is 1. The van der Waals surface area contributed by atoms with Gasteiger partial charge in [-0.3, -0.25) is 4.57 Å². The summed E-state index contributed by atoms with van der Waals surface area (Å²) in [6.45, 7) is 2.61. The van der Waals surface area contributed by atoms with Crippen LogP contribution in [0.4, 0.5) is 4.39 Å². The molecule has 2 rings (SSSR count). The number of nitrogens with zero attached hydrogens (tertiary/aromatic N) is 2. The van der Waals surface area contributed by atoms with Crippen LogP contribution in [0.2, 0.25) is 0 Å². The van der Waals surface area contributed by atoms with Crippen LogP contribution in [0.3, 0.4) is 0 Å². The van der Waals surface area contributed by atoms with E-state index >= 15 is 0 Å². The molecule has 0 bridgehead atoms. The van der Waals surface area contributed by atoms with Crippen LogP contribution in [0.15, 0.2) is 28.2 Å². The average Bonchev–Trinajstić information content (AvgIpc) is 2.85. The van der Waals surface area contributed by atoms with Gasteiger partial charge in [-0.2, -0.15) is 0 Å². The quantitative estimate of drug-likeness (QED) is 0.660. The Bertz CT molecular complexity index is 741. The zero-order valence-corrected chi connectivity index (χ0v) is 12.3. The highest BCUT2D eigenvalue weighted by atomic mass is 32.2. The minimum atomic E-state index is -0.366. The van der Waals surface area contributed by atoms with Crippen molar-refractivity contribution in [1.29, 1.82) is 0 Å². The van der Waals surface area contributed by atoms with Crippen LogP contribution < -0.4 is 11.4 Å². The number of hydrogen-bond donors (Lipinski definition) is 2. The van der Waals surface area contributed by atoms with Crippen molar-refractivity contribution in [2.75, 3.05) is 6.54 Å². The Kier molecular flexibility index (Phi) is 5.20.